The number of ether oxygens (including phenoxy) is 1. The molecule has 0 aliphatic rings. The van der Waals surface area contributed by atoms with E-state index in [1.807, 2.05) is 6.92 Å². The van der Waals surface area contributed by atoms with E-state index in [-0.39, 0.29) is 11.4 Å². The van der Waals surface area contributed by atoms with E-state index in [4.69, 9.17) is 4.74 Å². The van der Waals surface area contributed by atoms with Crippen LogP contribution in [0.3, 0.4) is 0 Å². The van der Waals surface area contributed by atoms with Crippen LogP contribution < -0.4 is 10.1 Å². The first-order valence-electron chi connectivity index (χ1n) is 6.41. The van der Waals surface area contributed by atoms with Crippen LogP contribution in [0.1, 0.15) is 26.7 Å². The molecule has 1 atom stereocenters. The van der Waals surface area contributed by atoms with Gasteiger partial charge in [0.1, 0.15) is 0 Å². The van der Waals surface area contributed by atoms with Crippen LogP contribution in [-0.4, -0.2) is 29.3 Å². The Labute approximate surface area is 112 Å². The summed E-state index contributed by atoms with van der Waals surface area (Å²) in [5.74, 6) is 0.238. The molecule has 1 aromatic carbocycles. The minimum atomic E-state index is -0.472. The average molecular weight is 268 g/mol. The number of aliphatic hydroxyl groups is 1. The number of hydrogen-bond donors (Lipinski definition) is 2. The smallest absolute Gasteiger partial charge is 0.311 e. The lowest BCUT2D eigenvalue weighted by atomic mass is 10.2. The summed E-state index contributed by atoms with van der Waals surface area (Å²) in [6.07, 6.45) is 1.21. The molecule has 0 heterocycles. The standard InChI is InChI=1S/C13H20N2O4/c1-3-5-11(16)9-14-10-6-7-12(15(17)18)13(8-10)19-4-2/h6-8,11,14,16H,3-5,9H2,1-2H3. The van der Waals surface area contributed by atoms with E-state index in [9.17, 15) is 15.2 Å². The molecule has 19 heavy (non-hydrogen) atoms. The van der Waals surface area contributed by atoms with Gasteiger partial charge < -0.3 is 15.2 Å². The number of nitro groups is 1. The van der Waals surface area contributed by atoms with E-state index in [0.29, 0.717) is 18.8 Å². The van der Waals surface area contributed by atoms with Gasteiger partial charge in [0, 0.05) is 24.4 Å². The molecule has 1 aromatic rings. The number of nitro benzene ring substituents is 1. The van der Waals surface area contributed by atoms with E-state index in [2.05, 4.69) is 5.32 Å². The molecule has 0 bridgehead atoms. The number of aliphatic hydroxyl groups excluding tert-OH is 1. The van der Waals surface area contributed by atoms with Gasteiger partial charge in [0.2, 0.25) is 0 Å². The van der Waals surface area contributed by atoms with Gasteiger partial charge in [0.15, 0.2) is 5.75 Å². The molecule has 0 aliphatic carbocycles. The Balaban J connectivity index is 2.75. The van der Waals surface area contributed by atoms with Gasteiger partial charge in [0.25, 0.3) is 0 Å². The first-order valence-corrected chi connectivity index (χ1v) is 6.41. The molecule has 6 nitrogen and oxygen atoms in total. The zero-order valence-corrected chi connectivity index (χ0v) is 11.3. The quantitative estimate of drug-likeness (QED) is 0.559. The van der Waals surface area contributed by atoms with Crippen LogP contribution in [0.15, 0.2) is 18.2 Å². The van der Waals surface area contributed by atoms with Gasteiger partial charge in [0.05, 0.1) is 17.6 Å². The Morgan fingerprint density at radius 2 is 2.21 bits per heavy atom. The second kappa shape index (κ2) is 7.58. The molecule has 0 amide bonds. The predicted molar refractivity (Wildman–Crippen MR) is 73.7 cm³/mol. The molecule has 106 valence electrons. The van der Waals surface area contributed by atoms with E-state index in [0.717, 1.165) is 12.8 Å². The Morgan fingerprint density at radius 3 is 2.79 bits per heavy atom. The van der Waals surface area contributed by atoms with Crippen molar-refractivity contribution in [3.8, 4) is 5.75 Å². The summed E-state index contributed by atoms with van der Waals surface area (Å²) in [5.41, 5.74) is 0.644. The highest BCUT2D eigenvalue weighted by atomic mass is 16.6. The van der Waals surface area contributed by atoms with Gasteiger partial charge >= 0.3 is 5.69 Å². The molecule has 0 saturated heterocycles. The summed E-state index contributed by atoms with van der Waals surface area (Å²) >= 11 is 0. The fourth-order valence-electron chi connectivity index (χ4n) is 1.72. The van der Waals surface area contributed by atoms with Crippen molar-refractivity contribution in [3.05, 3.63) is 28.3 Å². The second-order valence-electron chi connectivity index (χ2n) is 4.20. The molecule has 0 aromatic heterocycles. The first-order chi connectivity index (χ1) is 9.08. The highest BCUT2D eigenvalue weighted by Gasteiger charge is 2.15. The van der Waals surface area contributed by atoms with Crippen molar-refractivity contribution in [1.82, 2.24) is 0 Å². The van der Waals surface area contributed by atoms with Crippen LogP contribution in [0.2, 0.25) is 0 Å². The number of hydrogen-bond acceptors (Lipinski definition) is 5. The normalized spacial score (nSPS) is 11.9. The molecule has 1 unspecified atom stereocenters. The number of benzene rings is 1. The zero-order valence-electron chi connectivity index (χ0n) is 11.3. The van der Waals surface area contributed by atoms with Gasteiger partial charge in [-0.2, -0.15) is 0 Å². The van der Waals surface area contributed by atoms with Crippen LogP contribution >= 0.6 is 0 Å². The minimum absolute atomic E-state index is 0.0542. The third-order valence-electron chi connectivity index (χ3n) is 2.62. The Morgan fingerprint density at radius 1 is 1.47 bits per heavy atom. The lowest BCUT2D eigenvalue weighted by molar-refractivity contribution is -0.385. The van der Waals surface area contributed by atoms with Crippen molar-refractivity contribution >= 4 is 11.4 Å². The molecule has 0 saturated carbocycles. The van der Waals surface area contributed by atoms with E-state index < -0.39 is 11.0 Å². The maximum Gasteiger partial charge on any atom is 0.311 e. The molecule has 0 aliphatic heterocycles. The van der Waals surface area contributed by atoms with Crippen LogP contribution in [0.4, 0.5) is 11.4 Å². The first kappa shape index (κ1) is 15.2. The monoisotopic (exact) mass is 268 g/mol. The molecular weight excluding hydrogens is 248 g/mol. The number of anilines is 1. The summed E-state index contributed by atoms with van der Waals surface area (Å²) in [6, 6.07) is 4.60. The molecule has 0 radical (unpaired) electrons. The lowest BCUT2D eigenvalue weighted by Gasteiger charge is -2.13. The topological polar surface area (TPSA) is 84.6 Å². The van der Waals surface area contributed by atoms with Gasteiger partial charge in [-0.05, 0) is 19.4 Å². The summed E-state index contributed by atoms with van der Waals surface area (Å²) < 4.78 is 5.25. The highest BCUT2D eigenvalue weighted by molar-refractivity contribution is 5.58. The molecule has 0 spiro atoms. The third-order valence-corrected chi connectivity index (χ3v) is 2.62. The fourth-order valence-corrected chi connectivity index (χ4v) is 1.72. The average Bonchev–Trinajstić information content (AvgIpc) is 2.37. The lowest BCUT2D eigenvalue weighted by Crippen LogP contribution is -2.19. The van der Waals surface area contributed by atoms with E-state index in [1.165, 1.54) is 6.07 Å². The largest absolute Gasteiger partial charge is 0.487 e. The minimum Gasteiger partial charge on any atom is -0.487 e. The molecule has 2 N–H and O–H groups in total. The zero-order chi connectivity index (χ0) is 14.3. The number of nitrogens with zero attached hydrogens (tertiary/aromatic N) is 1. The maximum absolute atomic E-state index is 10.8. The van der Waals surface area contributed by atoms with Crippen molar-refractivity contribution in [2.75, 3.05) is 18.5 Å². The van der Waals surface area contributed by atoms with Crippen LogP contribution in [0, 0.1) is 10.1 Å². The Hall–Kier alpha value is -1.82. The van der Waals surface area contributed by atoms with E-state index >= 15 is 0 Å². The SMILES string of the molecule is CCCC(O)CNc1ccc([N+](=O)[O-])c(OCC)c1. The van der Waals surface area contributed by atoms with Gasteiger partial charge in [-0.15, -0.1) is 0 Å². The van der Waals surface area contributed by atoms with Crippen molar-refractivity contribution in [3.63, 3.8) is 0 Å². The van der Waals surface area contributed by atoms with Crippen molar-refractivity contribution in [2.24, 2.45) is 0 Å². The summed E-state index contributed by atoms with van der Waals surface area (Å²) in [6.45, 7) is 4.55. The fraction of sp³-hybridized carbons (Fsp3) is 0.538. The molecule has 0 fully saturated rings. The second-order valence-corrected chi connectivity index (χ2v) is 4.20. The van der Waals surface area contributed by atoms with Gasteiger partial charge in [-0.25, -0.2) is 0 Å². The molecule has 6 heteroatoms. The van der Waals surface area contributed by atoms with Crippen molar-refractivity contribution in [1.29, 1.82) is 0 Å². The Kier molecular flexibility index (Phi) is 6.08. The summed E-state index contributed by atoms with van der Waals surface area (Å²) in [5, 5.41) is 23.5. The number of nitrogens with one attached hydrogen (secondary N) is 1. The predicted octanol–water partition coefficient (Wildman–Crippen LogP) is 2.57. The molecular formula is C13H20N2O4. The van der Waals surface area contributed by atoms with Gasteiger partial charge in [-0.3, -0.25) is 10.1 Å². The van der Waals surface area contributed by atoms with Gasteiger partial charge in [-0.1, -0.05) is 13.3 Å². The van der Waals surface area contributed by atoms with Crippen LogP contribution in [-0.2, 0) is 0 Å². The Bertz CT molecular complexity index is 423. The highest BCUT2D eigenvalue weighted by Crippen LogP contribution is 2.30. The maximum atomic E-state index is 10.8. The summed E-state index contributed by atoms with van der Waals surface area (Å²) in [4.78, 5) is 10.4. The third kappa shape index (κ3) is 4.75. The molecule has 1 rings (SSSR count). The number of rotatable bonds is 8. The summed E-state index contributed by atoms with van der Waals surface area (Å²) in [7, 11) is 0. The van der Waals surface area contributed by atoms with Crippen molar-refractivity contribution < 1.29 is 14.8 Å². The van der Waals surface area contributed by atoms with Crippen LogP contribution in [0.5, 0.6) is 5.75 Å². The van der Waals surface area contributed by atoms with E-state index in [1.54, 1.807) is 19.1 Å². The van der Waals surface area contributed by atoms with Crippen molar-refractivity contribution in [2.45, 2.75) is 32.8 Å². The van der Waals surface area contributed by atoms with Crippen LogP contribution in [0.25, 0.3) is 0 Å².